The molecule has 1 fully saturated rings. The normalized spacial score (nSPS) is 13.6. The summed E-state index contributed by atoms with van der Waals surface area (Å²) in [7, 11) is 0. The summed E-state index contributed by atoms with van der Waals surface area (Å²) in [6.07, 6.45) is 4.26. The fraction of sp³-hybridized carbons (Fsp3) is 0.318. The number of aryl methyl sites for hydroxylation is 1. The van der Waals surface area contributed by atoms with Crippen LogP contribution in [0.5, 0.6) is 0 Å². The number of nitrogens with zero attached hydrogens (tertiary/aromatic N) is 5. The molecule has 1 saturated heterocycles. The van der Waals surface area contributed by atoms with Gasteiger partial charge in [0.15, 0.2) is 5.82 Å². The van der Waals surface area contributed by atoms with Crippen LogP contribution >= 0.6 is 0 Å². The molecule has 144 valence electrons. The maximum atomic E-state index is 4.68. The van der Waals surface area contributed by atoms with Gasteiger partial charge in [-0.05, 0) is 68.7 Å². The zero-order chi connectivity index (χ0) is 19.3. The number of aromatic nitrogens is 3. The van der Waals surface area contributed by atoms with Gasteiger partial charge in [-0.25, -0.2) is 0 Å². The van der Waals surface area contributed by atoms with Crippen LogP contribution in [-0.4, -0.2) is 34.8 Å². The molecular weight excluding hydrogens is 348 g/mol. The SMILES string of the molecule is CCN(c1cccc(C)c1)c1cnnc(Nc2ccc(N3CCCC3)cc2)n1. The van der Waals surface area contributed by atoms with Gasteiger partial charge in [0.2, 0.25) is 5.95 Å². The molecule has 0 spiro atoms. The van der Waals surface area contributed by atoms with Crippen molar-refractivity contribution in [2.24, 2.45) is 0 Å². The first kappa shape index (κ1) is 18.2. The number of hydrogen-bond donors (Lipinski definition) is 1. The molecule has 0 saturated carbocycles. The Labute approximate surface area is 166 Å². The molecule has 0 bridgehead atoms. The number of benzene rings is 2. The van der Waals surface area contributed by atoms with Gasteiger partial charge in [0.1, 0.15) is 0 Å². The maximum Gasteiger partial charge on any atom is 0.249 e. The van der Waals surface area contributed by atoms with Gasteiger partial charge in [0.05, 0.1) is 6.20 Å². The van der Waals surface area contributed by atoms with Gasteiger partial charge in [0, 0.05) is 36.7 Å². The second kappa shape index (κ2) is 8.25. The zero-order valence-electron chi connectivity index (χ0n) is 16.5. The Morgan fingerprint density at radius 1 is 1.07 bits per heavy atom. The van der Waals surface area contributed by atoms with E-state index in [-0.39, 0.29) is 0 Å². The summed E-state index contributed by atoms with van der Waals surface area (Å²) < 4.78 is 0. The van der Waals surface area contributed by atoms with Crippen molar-refractivity contribution in [3.05, 3.63) is 60.3 Å². The Morgan fingerprint density at radius 2 is 1.86 bits per heavy atom. The van der Waals surface area contributed by atoms with Gasteiger partial charge in [-0.1, -0.05) is 12.1 Å². The number of hydrogen-bond acceptors (Lipinski definition) is 6. The first-order valence-electron chi connectivity index (χ1n) is 9.89. The van der Waals surface area contributed by atoms with Gasteiger partial charge in [-0.3, -0.25) is 0 Å². The minimum atomic E-state index is 0.498. The molecule has 1 N–H and O–H groups in total. The van der Waals surface area contributed by atoms with Gasteiger partial charge in [0.25, 0.3) is 0 Å². The summed E-state index contributed by atoms with van der Waals surface area (Å²) >= 11 is 0. The largest absolute Gasteiger partial charge is 0.372 e. The monoisotopic (exact) mass is 374 g/mol. The van der Waals surface area contributed by atoms with E-state index in [1.165, 1.54) is 24.1 Å². The molecule has 0 aliphatic carbocycles. The second-order valence-corrected chi connectivity index (χ2v) is 7.09. The quantitative estimate of drug-likeness (QED) is 0.676. The van der Waals surface area contributed by atoms with E-state index in [0.29, 0.717) is 5.95 Å². The van der Waals surface area contributed by atoms with Crippen molar-refractivity contribution in [2.45, 2.75) is 26.7 Å². The van der Waals surface area contributed by atoms with Crippen LogP contribution in [0.4, 0.5) is 28.8 Å². The first-order valence-corrected chi connectivity index (χ1v) is 9.89. The smallest absolute Gasteiger partial charge is 0.249 e. The molecule has 6 heteroatoms. The van der Waals surface area contributed by atoms with Crippen molar-refractivity contribution in [1.82, 2.24) is 15.2 Å². The summed E-state index contributed by atoms with van der Waals surface area (Å²) in [5.74, 6) is 1.27. The van der Waals surface area contributed by atoms with Crippen LogP contribution in [0, 0.1) is 6.92 Å². The lowest BCUT2D eigenvalue weighted by atomic mass is 10.2. The highest BCUT2D eigenvalue weighted by molar-refractivity contribution is 5.63. The fourth-order valence-corrected chi connectivity index (χ4v) is 3.61. The molecule has 0 atom stereocenters. The maximum absolute atomic E-state index is 4.68. The predicted molar refractivity (Wildman–Crippen MR) is 115 cm³/mol. The van der Waals surface area contributed by atoms with Gasteiger partial charge in [-0.15, -0.1) is 5.10 Å². The van der Waals surface area contributed by atoms with Crippen LogP contribution < -0.4 is 15.1 Å². The topological polar surface area (TPSA) is 57.2 Å². The van der Waals surface area contributed by atoms with Gasteiger partial charge in [-0.2, -0.15) is 10.1 Å². The molecule has 1 aliphatic heterocycles. The highest BCUT2D eigenvalue weighted by atomic mass is 15.3. The van der Waals surface area contributed by atoms with E-state index < -0.39 is 0 Å². The van der Waals surface area contributed by atoms with E-state index in [2.05, 4.69) is 92.7 Å². The molecule has 6 nitrogen and oxygen atoms in total. The minimum Gasteiger partial charge on any atom is -0.372 e. The molecule has 0 radical (unpaired) electrons. The Bertz CT molecular complexity index is 918. The molecule has 2 aromatic carbocycles. The first-order chi connectivity index (χ1) is 13.7. The van der Waals surface area contributed by atoms with E-state index in [1.807, 2.05) is 0 Å². The number of rotatable bonds is 6. The Hall–Kier alpha value is -3.15. The average molecular weight is 374 g/mol. The van der Waals surface area contributed by atoms with Crippen LogP contribution in [0.25, 0.3) is 0 Å². The lowest BCUT2D eigenvalue weighted by Crippen LogP contribution is -2.18. The van der Waals surface area contributed by atoms with Crippen molar-refractivity contribution in [3.8, 4) is 0 Å². The Kier molecular flexibility index (Phi) is 5.37. The summed E-state index contributed by atoms with van der Waals surface area (Å²) in [4.78, 5) is 9.22. The van der Waals surface area contributed by atoms with Crippen molar-refractivity contribution >= 4 is 28.8 Å². The summed E-state index contributed by atoms with van der Waals surface area (Å²) in [6, 6.07) is 16.8. The third-order valence-corrected chi connectivity index (χ3v) is 5.05. The van der Waals surface area contributed by atoms with Crippen molar-refractivity contribution < 1.29 is 0 Å². The summed E-state index contributed by atoms with van der Waals surface area (Å²) in [5.41, 5.74) is 4.55. The van der Waals surface area contributed by atoms with Crippen LogP contribution in [0.3, 0.4) is 0 Å². The molecule has 0 unspecified atom stereocenters. The van der Waals surface area contributed by atoms with E-state index >= 15 is 0 Å². The molecule has 1 aliphatic rings. The number of nitrogens with one attached hydrogen (secondary N) is 1. The fourth-order valence-electron chi connectivity index (χ4n) is 3.61. The van der Waals surface area contributed by atoms with E-state index in [0.717, 1.165) is 36.8 Å². The van der Waals surface area contributed by atoms with Crippen molar-refractivity contribution in [2.75, 3.05) is 34.8 Å². The lowest BCUT2D eigenvalue weighted by molar-refractivity contribution is 0.921. The molecule has 2 heterocycles. The standard InChI is InChI=1S/C22H26N6/c1-3-28(20-8-6-7-17(2)15-20)21-16-23-26-22(25-21)24-18-9-11-19(12-10-18)27-13-4-5-14-27/h6-12,15-16H,3-5,13-14H2,1-2H3,(H,24,25,26). The lowest BCUT2D eigenvalue weighted by Gasteiger charge is -2.22. The zero-order valence-corrected chi connectivity index (χ0v) is 16.5. The highest BCUT2D eigenvalue weighted by Crippen LogP contribution is 2.26. The Balaban J connectivity index is 1.51. The van der Waals surface area contributed by atoms with Crippen LogP contribution in [-0.2, 0) is 0 Å². The summed E-state index contributed by atoms with van der Waals surface area (Å²) in [6.45, 7) is 7.29. The van der Waals surface area contributed by atoms with E-state index in [1.54, 1.807) is 6.20 Å². The van der Waals surface area contributed by atoms with Crippen LogP contribution in [0.15, 0.2) is 54.7 Å². The molecule has 3 aromatic rings. The molecular formula is C22H26N6. The van der Waals surface area contributed by atoms with Crippen LogP contribution in [0.2, 0.25) is 0 Å². The van der Waals surface area contributed by atoms with E-state index in [9.17, 15) is 0 Å². The van der Waals surface area contributed by atoms with Gasteiger partial charge < -0.3 is 15.1 Å². The van der Waals surface area contributed by atoms with Crippen molar-refractivity contribution in [1.29, 1.82) is 0 Å². The Morgan fingerprint density at radius 3 is 2.57 bits per heavy atom. The van der Waals surface area contributed by atoms with Crippen molar-refractivity contribution in [3.63, 3.8) is 0 Å². The molecule has 4 rings (SSSR count). The van der Waals surface area contributed by atoms with E-state index in [4.69, 9.17) is 0 Å². The third kappa shape index (κ3) is 4.06. The molecule has 1 aromatic heterocycles. The molecule has 0 amide bonds. The molecule has 28 heavy (non-hydrogen) atoms. The second-order valence-electron chi connectivity index (χ2n) is 7.09. The average Bonchev–Trinajstić information content (AvgIpc) is 3.24. The number of anilines is 5. The van der Waals surface area contributed by atoms with Crippen LogP contribution in [0.1, 0.15) is 25.3 Å². The predicted octanol–water partition coefficient (Wildman–Crippen LogP) is 4.68. The van der Waals surface area contributed by atoms with Gasteiger partial charge >= 0.3 is 0 Å². The third-order valence-electron chi connectivity index (χ3n) is 5.05. The summed E-state index contributed by atoms with van der Waals surface area (Å²) in [5, 5.41) is 11.6. The minimum absolute atomic E-state index is 0.498. The highest BCUT2D eigenvalue weighted by Gasteiger charge is 2.13.